The number of carbonyl (C=O) groups excluding carboxylic acids is 1. The number of hydrogen-bond donors (Lipinski definition) is 2. The highest BCUT2D eigenvalue weighted by Gasteiger charge is 2.38. The number of ether oxygens (including phenoxy) is 1. The van der Waals surface area contributed by atoms with Crippen molar-refractivity contribution in [3.8, 4) is 5.75 Å². The molecule has 1 amide bonds. The first-order valence-electron chi connectivity index (χ1n) is 9.64. The van der Waals surface area contributed by atoms with Crippen LogP contribution in [-0.2, 0) is 4.79 Å². The molecule has 0 saturated heterocycles. The third kappa shape index (κ3) is 5.27. The summed E-state index contributed by atoms with van der Waals surface area (Å²) < 4.78 is 45.2. The lowest BCUT2D eigenvalue weighted by atomic mass is 9.90. The predicted octanol–water partition coefficient (Wildman–Crippen LogP) is 6.18. The molecule has 0 fully saturated rings. The first kappa shape index (κ1) is 22.0. The van der Waals surface area contributed by atoms with Crippen LogP contribution < -0.4 is 10.3 Å². The number of amides is 1. The average Bonchev–Trinajstić information content (AvgIpc) is 3.14. The number of halogens is 4. The summed E-state index contributed by atoms with van der Waals surface area (Å²) in [6.45, 7) is 0.363. The number of fused-ring (bicyclic) bond motifs is 1. The Balaban J connectivity index is 1.63. The topological polar surface area (TPSA) is 54.1 Å². The Morgan fingerprint density at radius 1 is 1.13 bits per heavy atom. The van der Waals surface area contributed by atoms with E-state index in [0.29, 0.717) is 35.8 Å². The Labute approximate surface area is 177 Å². The van der Waals surface area contributed by atoms with E-state index in [4.69, 9.17) is 16.3 Å². The predicted molar refractivity (Wildman–Crippen MR) is 111 cm³/mol. The standard InChI is InChI=1S/C22H22ClF3N2O2/c23-17-14-27-18-9-4-10-19(20(17)18)30-13-11-16(15-6-2-1-3-7-15)8-5-12-22(24,25)21(29)28-26/h1-4,6-7,9-10,14,16,27H,5,8,11-13H2,(H,28,29). The Morgan fingerprint density at radius 2 is 1.90 bits per heavy atom. The fourth-order valence-electron chi connectivity index (χ4n) is 3.50. The van der Waals surface area contributed by atoms with Crippen LogP contribution in [-0.4, -0.2) is 23.4 Å². The van der Waals surface area contributed by atoms with Gasteiger partial charge in [0.15, 0.2) is 0 Å². The van der Waals surface area contributed by atoms with Gasteiger partial charge < -0.3 is 9.72 Å². The maximum atomic E-state index is 13.6. The van der Waals surface area contributed by atoms with Gasteiger partial charge in [0.25, 0.3) is 0 Å². The highest BCUT2D eigenvalue weighted by molar-refractivity contribution is 6.36. The van der Waals surface area contributed by atoms with Gasteiger partial charge in [0.05, 0.1) is 22.5 Å². The maximum absolute atomic E-state index is 13.6. The number of carbonyl (C=O) groups is 1. The number of aromatic amines is 1. The maximum Gasteiger partial charge on any atom is 0.327 e. The molecule has 3 aromatic rings. The van der Waals surface area contributed by atoms with E-state index >= 15 is 0 Å². The van der Waals surface area contributed by atoms with Crippen molar-refractivity contribution in [1.82, 2.24) is 10.5 Å². The van der Waals surface area contributed by atoms with Gasteiger partial charge in [-0.05, 0) is 42.9 Å². The molecule has 0 aliphatic rings. The van der Waals surface area contributed by atoms with Crippen molar-refractivity contribution in [3.05, 3.63) is 65.3 Å². The average molecular weight is 439 g/mol. The Hall–Kier alpha value is -2.67. The number of alkyl halides is 2. The van der Waals surface area contributed by atoms with Crippen molar-refractivity contribution in [2.45, 2.75) is 37.5 Å². The first-order valence-corrected chi connectivity index (χ1v) is 10.0. The minimum absolute atomic E-state index is 0.0451. The van der Waals surface area contributed by atoms with E-state index in [0.717, 1.165) is 16.5 Å². The molecule has 1 heterocycles. The van der Waals surface area contributed by atoms with Gasteiger partial charge in [0, 0.05) is 12.6 Å². The van der Waals surface area contributed by atoms with Crippen molar-refractivity contribution in [3.63, 3.8) is 0 Å². The van der Waals surface area contributed by atoms with Gasteiger partial charge in [-0.25, -0.2) is 0 Å². The number of aromatic nitrogens is 1. The third-order valence-electron chi connectivity index (χ3n) is 5.08. The number of benzene rings is 2. The molecule has 2 N–H and O–H groups in total. The van der Waals surface area contributed by atoms with Gasteiger partial charge in [-0.15, -0.1) is 4.48 Å². The van der Waals surface area contributed by atoms with E-state index < -0.39 is 18.3 Å². The largest absolute Gasteiger partial charge is 0.493 e. The van der Waals surface area contributed by atoms with Gasteiger partial charge in [0.1, 0.15) is 5.75 Å². The summed E-state index contributed by atoms with van der Waals surface area (Å²) in [5.74, 6) is -5.03. The molecule has 160 valence electrons. The summed E-state index contributed by atoms with van der Waals surface area (Å²) in [6.07, 6.45) is 2.05. The fraction of sp³-hybridized carbons (Fsp3) is 0.318. The number of rotatable bonds is 10. The minimum atomic E-state index is -3.73. The molecule has 0 bridgehead atoms. The molecule has 1 unspecified atom stereocenters. The molecule has 0 aliphatic heterocycles. The minimum Gasteiger partial charge on any atom is -0.493 e. The van der Waals surface area contributed by atoms with Crippen LogP contribution in [0.3, 0.4) is 0 Å². The van der Waals surface area contributed by atoms with Crippen LogP contribution in [0, 0.1) is 0 Å². The molecular formula is C22H22ClF3N2O2. The molecule has 4 nitrogen and oxygen atoms in total. The van der Waals surface area contributed by atoms with Crippen molar-refractivity contribution >= 4 is 28.4 Å². The zero-order valence-electron chi connectivity index (χ0n) is 16.1. The van der Waals surface area contributed by atoms with Crippen molar-refractivity contribution in [2.24, 2.45) is 0 Å². The molecule has 8 heteroatoms. The van der Waals surface area contributed by atoms with E-state index in [2.05, 4.69) is 4.98 Å². The van der Waals surface area contributed by atoms with Crippen LogP contribution in [0.15, 0.2) is 54.7 Å². The van der Waals surface area contributed by atoms with Gasteiger partial charge in [0.2, 0.25) is 0 Å². The highest BCUT2D eigenvalue weighted by Crippen LogP contribution is 2.33. The molecule has 2 aromatic carbocycles. The molecule has 3 rings (SSSR count). The lowest BCUT2D eigenvalue weighted by molar-refractivity contribution is -0.151. The van der Waals surface area contributed by atoms with Crippen LogP contribution in [0.2, 0.25) is 5.02 Å². The Morgan fingerprint density at radius 3 is 2.63 bits per heavy atom. The van der Waals surface area contributed by atoms with Gasteiger partial charge in [-0.1, -0.05) is 48.0 Å². The zero-order chi connectivity index (χ0) is 21.6. The van der Waals surface area contributed by atoms with Gasteiger partial charge >= 0.3 is 11.8 Å². The molecule has 0 aliphatic carbocycles. The monoisotopic (exact) mass is 438 g/mol. The summed E-state index contributed by atoms with van der Waals surface area (Å²) in [5.41, 5.74) is 2.39. The van der Waals surface area contributed by atoms with E-state index in [1.54, 1.807) is 6.20 Å². The van der Waals surface area contributed by atoms with Crippen LogP contribution in [0.5, 0.6) is 5.75 Å². The third-order valence-corrected chi connectivity index (χ3v) is 5.37. The number of H-pyrrole nitrogens is 1. The summed E-state index contributed by atoms with van der Waals surface area (Å²) in [6, 6.07) is 15.1. The second-order valence-corrected chi connectivity index (χ2v) is 7.49. The lowest BCUT2D eigenvalue weighted by Crippen LogP contribution is -2.36. The molecule has 30 heavy (non-hydrogen) atoms. The second kappa shape index (κ2) is 9.89. The molecule has 0 radical (unpaired) electrons. The second-order valence-electron chi connectivity index (χ2n) is 7.08. The molecule has 1 aromatic heterocycles. The SMILES string of the molecule is O=C(NF)C(F)(F)CCCC(CCOc1cccc2[nH]cc(Cl)c12)c1ccccc1. The highest BCUT2D eigenvalue weighted by atomic mass is 35.5. The van der Waals surface area contributed by atoms with Crippen molar-refractivity contribution in [1.29, 1.82) is 0 Å². The van der Waals surface area contributed by atoms with Crippen molar-refractivity contribution < 1.29 is 22.8 Å². The summed E-state index contributed by atoms with van der Waals surface area (Å²) in [5, 5.41) is 1.36. The van der Waals surface area contributed by atoms with Crippen LogP contribution in [0.1, 0.15) is 37.2 Å². The zero-order valence-corrected chi connectivity index (χ0v) is 16.9. The quantitative estimate of drug-likeness (QED) is 0.371. The normalized spacial score (nSPS) is 12.7. The van der Waals surface area contributed by atoms with Gasteiger partial charge in [-0.3, -0.25) is 4.79 Å². The van der Waals surface area contributed by atoms with E-state index in [1.807, 2.05) is 48.5 Å². The Bertz CT molecular complexity index is 979. The summed E-state index contributed by atoms with van der Waals surface area (Å²) in [7, 11) is 0. The Kier molecular flexibility index (Phi) is 7.26. The fourth-order valence-corrected chi connectivity index (χ4v) is 3.75. The van der Waals surface area contributed by atoms with E-state index in [1.165, 1.54) is 0 Å². The summed E-state index contributed by atoms with van der Waals surface area (Å²) >= 11 is 6.22. The van der Waals surface area contributed by atoms with E-state index in [-0.39, 0.29) is 12.3 Å². The summed E-state index contributed by atoms with van der Waals surface area (Å²) in [4.78, 5) is 14.0. The van der Waals surface area contributed by atoms with E-state index in [9.17, 15) is 18.1 Å². The van der Waals surface area contributed by atoms with Crippen molar-refractivity contribution in [2.75, 3.05) is 6.61 Å². The number of hydrogen-bond acceptors (Lipinski definition) is 2. The number of nitrogens with one attached hydrogen (secondary N) is 2. The smallest absolute Gasteiger partial charge is 0.327 e. The van der Waals surface area contributed by atoms with Crippen LogP contribution >= 0.6 is 11.6 Å². The first-order chi connectivity index (χ1) is 14.4. The van der Waals surface area contributed by atoms with Crippen LogP contribution in [0.4, 0.5) is 13.3 Å². The molecule has 0 saturated carbocycles. The molecule has 1 atom stereocenters. The van der Waals surface area contributed by atoms with Gasteiger partial charge in [-0.2, -0.15) is 14.3 Å². The lowest BCUT2D eigenvalue weighted by Gasteiger charge is -2.19. The molecular weight excluding hydrogens is 417 g/mol. The molecule has 0 spiro atoms. The van der Waals surface area contributed by atoms with Crippen LogP contribution in [0.25, 0.3) is 10.9 Å².